The van der Waals surface area contributed by atoms with Crippen LogP contribution < -0.4 is 16.0 Å². The van der Waals surface area contributed by atoms with E-state index in [1.54, 1.807) is 36.5 Å². The largest absolute Gasteiger partial charge is 0.466 e. The van der Waals surface area contributed by atoms with Gasteiger partial charge in [-0.1, -0.05) is 26.8 Å². The van der Waals surface area contributed by atoms with E-state index in [0.29, 0.717) is 42.0 Å². The molecule has 3 N–H and O–H groups in total. The van der Waals surface area contributed by atoms with E-state index >= 15 is 0 Å². The number of esters is 2. The predicted molar refractivity (Wildman–Crippen MR) is 177 cm³/mol. The summed E-state index contributed by atoms with van der Waals surface area (Å²) in [5.74, 6) is 0.381. The molecule has 4 aromatic rings. The number of rotatable bonds is 15. The van der Waals surface area contributed by atoms with Crippen LogP contribution in [-0.2, 0) is 32.7 Å². The van der Waals surface area contributed by atoms with Crippen LogP contribution in [0.5, 0.6) is 0 Å². The minimum atomic E-state index is -0.362. The number of hydrogen-bond donors (Lipinski definition) is 2. The molecular weight excluding hydrogens is 586 g/mol. The fourth-order valence-corrected chi connectivity index (χ4v) is 4.53. The number of anilines is 2. The first-order chi connectivity index (χ1) is 22.2. The Labute approximate surface area is 268 Å². The molecule has 2 aromatic carbocycles. The van der Waals surface area contributed by atoms with Crippen molar-refractivity contribution >= 4 is 46.2 Å². The molecule has 1 amide bonds. The summed E-state index contributed by atoms with van der Waals surface area (Å²) in [6.45, 7) is 6.45. The van der Waals surface area contributed by atoms with Gasteiger partial charge in [-0.05, 0) is 67.4 Å². The number of nitrogens with one attached hydrogen (secondary N) is 1. The Morgan fingerprint density at radius 2 is 1.80 bits per heavy atom. The molecule has 1 unspecified atom stereocenters. The van der Waals surface area contributed by atoms with Gasteiger partial charge in [0, 0.05) is 36.6 Å². The van der Waals surface area contributed by atoms with Crippen LogP contribution in [0.3, 0.4) is 0 Å². The number of nitrogens with zero attached hydrogens (tertiary/aromatic N) is 5. The van der Waals surface area contributed by atoms with Gasteiger partial charge < -0.3 is 25.1 Å². The Morgan fingerprint density at radius 3 is 2.50 bits per heavy atom. The second-order valence-electron chi connectivity index (χ2n) is 10.8. The molecule has 12 nitrogen and oxygen atoms in total. The van der Waals surface area contributed by atoms with Crippen molar-refractivity contribution in [2.75, 3.05) is 30.1 Å². The van der Waals surface area contributed by atoms with Crippen molar-refractivity contribution in [3.8, 4) is 0 Å². The van der Waals surface area contributed by atoms with Crippen molar-refractivity contribution < 1.29 is 23.9 Å². The lowest BCUT2D eigenvalue weighted by molar-refractivity contribution is -0.147. The van der Waals surface area contributed by atoms with E-state index in [4.69, 9.17) is 20.2 Å². The van der Waals surface area contributed by atoms with Gasteiger partial charge in [-0.15, -0.1) is 0 Å². The van der Waals surface area contributed by atoms with E-state index in [9.17, 15) is 14.4 Å². The summed E-state index contributed by atoms with van der Waals surface area (Å²) in [5.41, 5.74) is 9.61. The molecule has 0 radical (unpaired) electrons. The number of benzene rings is 2. The van der Waals surface area contributed by atoms with Crippen LogP contribution >= 0.6 is 0 Å². The smallest absolute Gasteiger partial charge is 0.310 e. The average molecular weight is 628 g/mol. The fraction of sp³-hybridized carbons (Fsp3) is 0.353. The lowest BCUT2D eigenvalue weighted by Crippen LogP contribution is -2.34. The van der Waals surface area contributed by atoms with Gasteiger partial charge in [0.25, 0.3) is 5.91 Å². The van der Waals surface area contributed by atoms with Crippen molar-refractivity contribution in [1.29, 1.82) is 0 Å². The summed E-state index contributed by atoms with van der Waals surface area (Å²) in [6, 6.07) is 18.1. The number of nitrogens with two attached hydrogens (primary N) is 1. The number of amidine groups is 1. The monoisotopic (exact) mass is 627 g/mol. The van der Waals surface area contributed by atoms with Crippen molar-refractivity contribution in [3.05, 3.63) is 83.8 Å². The van der Waals surface area contributed by atoms with Crippen LogP contribution in [0.15, 0.2) is 71.9 Å². The minimum Gasteiger partial charge on any atom is -0.466 e. The fourth-order valence-electron chi connectivity index (χ4n) is 4.53. The summed E-state index contributed by atoms with van der Waals surface area (Å²) < 4.78 is 12.3. The Kier molecular flexibility index (Phi) is 11.8. The summed E-state index contributed by atoms with van der Waals surface area (Å²) in [5, 5.41) is 3.36. The normalized spacial score (nSPS) is 12.0. The van der Waals surface area contributed by atoms with Gasteiger partial charge in [0.2, 0.25) is 0 Å². The average Bonchev–Trinajstić information content (AvgIpc) is 3.40. The van der Waals surface area contributed by atoms with E-state index in [2.05, 4.69) is 15.3 Å². The predicted octanol–water partition coefficient (Wildman–Crippen LogP) is 4.82. The van der Waals surface area contributed by atoms with Gasteiger partial charge in [0.1, 0.15) is 17.5 Å². The van der Waals surface area contributed by atoms with Gasteiger partial charge in [-0.25, -0.2) is 15.0 Å². The highest BCUT2D eigenvalue weighted by Crippen LogP contribution is 2.21. The molecule has 0 bridgehead atoms. The molecule has 0 saturated heterocycles. The minimum absolute atomic E-state index is 0.0537. The Morgan fingerprint density at radius 1 is 1.04 bits per heavy atom. The Bertz CT molecular complexity index is 1670. The Hall–Kier alpha value is -5.26. The highest BCUT2D eigenvalue weighted by molar-refractivity contribution is 6.07. The Balaban J connectivity index is 1.42. The molecule has 1 atom stereocenters. The number of amides is 1. The second-order valence-corrected chi connectivity index (χ2v) is 10.8. The highest BCUT2D eigenvalue weighted by Gasteiger charge is 2.21. The maximum absolute atomic E-state index is 13.7. The van der Waals surface area contributed by atoms with Gasteiger partial charge in [-0.2, -0.15) is 0 Å². The molecule has 0 aliphatic heterocycles. The molecular formula is C34H41N7O5. The number of carbonyl (C=O) groups is 3. The first kappa shape index (κ1) is 33.6. The summed E-state index contributed by atoms with van der Waals surface area (Å²) >= 11 is 0. The molecule has 0 aliphatic carbocycles. The van der Waals surface area contributed by atoms with Gasteiger partial charge >= 0.3 is 11.9 Å². The van der Waals surface area contributed by atoms with Crippen molar-refractivity contribution in [3.63, 3.8) is 0 Å². The van der Waals surface area contributed by atoms with Gasteiger partial charge in [-0.3, -0.25) is 19.3 Å². The molecule has 242 valence electrons. The third kappa shape index (κ3) is 8.68. The quantitative estimate of drug-likeness (QED) is 0.107. The van der Waals surface area contributed by atoms with Crippen molar-refractivity contribution in [1.82, 2.24) is 14.5 Å². The first-order valence-corrected chi connectivity index (χ1v) is 15.4. The molecule has 0 spiro atoms. The number of aryl methyl sites for hydroxylation is 1. The van der Waals surface area contributed by atoms with E-state index in [1.165, 1.54) is 4.90 Å². The molecule has 0 saturated carbocycles. The highest BCUT2D eigenvalue weighted by atomic mass is 16.5. The lowest BCUT2D eigenvalue weighted by atomic mass is 10.1. The third-order valence-electron chi connectivity index (χ3n) is 7.49. The van der Waals surface area contributed by atoms with Crippen LogP contribution in [0.4, 0.5) is 11.5 Å². The summed E-state index contributed by atoms with van der Waals surface area (Å²) in [7, 11) is 1.92. The molecule has 0 aliphatic rings. The maximum Gasteiger partial charge on any atom is 0.310 e. The van der Waals surface area contributed by atoms with Crippen molar-refractivity contribution in [2.45, 2.75) is 46.6 Å². The molecule has 2 aromatic heterocycles. The number of fused-ring (bicyclic) bond motifs is 1. The topological polar surface area (TPSA) is 154 Å². The van der Waals surface area contributed by atoms with E-state index in [0.717, 1.165) is 23.4 Å². The van der Waals surface area contributed by atoms with E-state index < -0.39 is 0 Å². The zero-order valence-corrected chi connectivity index (χ0v) is 26.7. The summed E-state index contributed by atoms with van der Waals surface area (Å²) in [6.07, 6.45) is 3.09. The maximum atomic E-state index is 13.7. The first-order valence-electron chi connectivity index (χ1n) is 15.4. The number of aromatic nitrogens is 3. The van der Waals surface area contributed by atoms with E-state index in [1.807, 2.05) is 62.7 Å². The SMILES string of the molecule is CCCOC(=O)CCN(C(=O)c1ccc2c(c1)nc(CNc1ccc(/C(N)=N/COC(=O)C(C)CC)cc1)n2C)c1ccccn1. The molecule has 0 fully saturated rings. The second kappa shape index (κ2) is 16.2. The van der Waals surface area contributed by atoms with Crippen LogP contribution in [0.1, 0.15) is 61.8 Å². The number of aliphatic imine (C=N–C) groups is 1. The van der Waals surface area contributed by atoms with E-state index in [-0.39, 0.29) is 49.3 Å². The number of imidazole rings is 1. The zero-order valence-electron chi connectivity index (χ0n) is 26.7. The molecule has 2 heterocycles. The van der Waals surface area contributed by atoms with Crippen LogP contribution in [0.25, 0.3) is 11.0 Å². The molecule has 4 rings (SSSR count). The van der Waals surface area contributed by atoms with Crippen LogP contribution in [0, 0.1) is 5.92 Å². The lowest BCUT2D eigenvalue weighted by Gasteiger charge is -2.21. The number of pyridine rings is 1. The molecule has 46 heavy (non-hydrogen) atoms. The summed E-state index contributed by atoms with van der Waals surface area (Å²) in [4.78, 5) is 52.4. The third-order valence-corrected chi connectivity index (χ3v) is 7.49. The van der Waals surface area contributed by atoms with Crippen LogP contribution in [0.2, 0.25) is 0 Å². The standard InChI is InChI=1S/C34H41N7O5/c1-5-19-45-31(42)16-18-41(29-9-7-8-17-36-29)33(43)25-12-15-28-27(20-25)39-30(40(28)4)21-37-26-13-10-24(11-14-26)32(35)38-22-46-34(44)23(3)6-2/h7-15,17,20,23,37H,5-6,16,18-19,21-22H2,1-4H3,(H2,35,38). The number of hydrogen-bond acceptors (Lipinski definition) is 9. The zero-order chi connectivity index (χ0) is 33.1. The number of ether oxygens (including phenoxy) is 2. The molecule has 12 heteroatoms. The van der Waals surface area contributed by atoms with Gasteiger partial charge in [0.15, 0.2) is 6.73 Å². The van der Waals surface area contributed by atoms with Crippen LogP contribution in [-0.4, -0.2) is 58.1 Å². The van der Waals surface area contributed by atoms with Crippen molar-refractivity contribution in [2.24, 2.45) is 23.7 Å². The number of carbonyl (C=O) groups excluding carboxylic acids is 3. The van der Waals surface area contributed by atoms with Gasteiger partial charge in [0.05, 0.1) is 36.5 Å².